The van der Waals surface area contributed by atoms with Gasteiger partial charge in [0.1, 0.15) is 11.4 Å². The van der Waals surface area contributed by atoms with Gasteiger partial charge in [-0.25, -0.2) is 13.4 Å². The molecule has 0 spiro atoms. The van der Waals surface area contributed by atoms with Crippen molar-refractivity contribution >= 4 is 16.0 Å². The molecule has 0 aromatic carbocycles. The number of rotatable bonds is 4. The SMILES string of the molecule is CCc1ncc(S(=O)(=O)N2CCCC2(C)C(=O)O)[nH]1. The number of aliphatic carboxylic acids is 1. The lowest BCUT2D eigenvalue weighted by molar-refractivity contribution is -0.146. The van der Waals surface area contributed by atoms with E-state index in [2.05, 4.69) is 9.97 Å². The first-order valence-electron chi connectivity index (χ1n) is 6.12. The molecule has 0 bridgehead atoms. The Balaban J connectivity index is 2.42. The number of aryl methyl sites for hydroxylation is 1. The highest BCUT2D eigenvalue weighted by molar-refractivity contribution is 7.89. The third kappa shape index (κ3) is 2.14. The first-order valence-corrected chi connectivity index (χ1v) is 7.56. The standard InChI is InChI=1S/C11H17N3O4S/c1-3-8-12-7-9(13-8)19(17,18)14-6-4-5-11(14,2)10(15)16/h7H,3-6H2,1-2H3,(H,12,13)(H,15,16). The van der Waals surface area contributed by atoms with Gasteiger partial charge in [0.25, 0.3) is 10.0 Å². The molecule has 7 nitrogen and oxygen atoms in total. The minimum absolute atomic E-state index is 0.0428. The van der Waals surface area contributed by atoms with Gasteiger partial charge in [0.05, 0.1) is 6.20 Å². The minimum atomic E-state index is -3.85. The van der Waals surface area contributed by atoms with Crippen LogP contribution in [0.1, 0.15) is 32.5 Å². The van der Waals surface area contributed by atoms with Gasteiger partial charge in [-0.15, -0.1) is 0 Å². The third-order valence-electron chi connectivity index (χ3n) is 3.54. The number of aromatic amines is 1. The number of carboxylic acid groups (broad SMARTS) is 1. The Kier molecular flexibility index (Phi) is 3.40. The van der Waals surface area contributed by atoms with Gasteiger partial charge in [-0.1, -0.05) is 6.92 Å². The Labute approximate surface area is 111 Å². The zero-order valence-electron chi connectivity index (χ0n) is 10.9. The number of hydrogen-bond donors (Lipinski definition) is 2. The summed E-state index contributed by atoms with van der Waals surface area (Å²) in [5.74, 6) is -0.557. The molecule has 1 aliphatic rings. The molecule has 1 fully saturated rings. The van der Waals surface area contributed by atoms with E-state index in [0.29, 0.717) is 25.1 Å². The molecule has 1 unspecified atom stereocenters. The summed E-state index contributed by atoms with van der Waals surface area (Å²) in [6, 6.07) is 0. The number of carboxylic acids is 1. The molecule has 0 amide bonds. The molecule has 2 heterocycles. The van der Waals surface area contributed by atoms with Crippen molar-refractivity contribution in [2.45, 2.75) is 43.7 Å². The predicted molar refractivity (Wildman–Crippen MR) is 67.1 cm³/mol. The van der Waals surface area contributed by atoms with Crippen LogP contribution in [0.3, 0.4) is 0 Å². The molecule has 0 saturated carbocycles. The Morgan fingerprint density at radius 3 is 2.84 bits per heavy atom. The summed E-state index contributed by atoms with van der Waals surface area (Å²) in [7, 11) is -3.85. The lowest BCUT2D eigenvalue weighted by Gasteiger charge is -2.29. The molecular formula is C11H17N3O4S. The summed E-state index contributed by atoms with van der Waals surface area (Å²) >= 11 is 0. The fraction of sp³-hybridized carbons (Fsp3) is 0.636. The topological polar surface area (TPSA) is 103 Å². The van der Waals surface area contributed by atoms with Crippen LogP contribution in [-0.4, -0.2) is 45.9 Å². The van der Waals surface area contributed by atoms with Crippen LogP contribution < -0.4 is 0 Å². The van der Waals surface area contributed by atoms with Crippen molar-refractivity contribution in [3.63, 3.8) is 0 Å². The Morgan fingerprint density at radius 1 is 1.63 bits per heavy atom. The van der Waals surface area contributed by atoms with Crippen LogP contribution in [0.25, 0.3) is 0 Å². The third-order valence-corrected chi connectivity index (χ3v) is 5.47. The van der Waals surface area contributed by atoms with Gasteiger partial charge in [0, 0.05) is 13.0 Å². The van der Waals surface area contributed by atoms with Crippen molar-refractivity contribution in [3.05, 3.63) is 12.0 Å². The summed E-state index contributed by atoms with van der Waals surface area (Å²) in [6.45, 7) is 3.51. The molecule has 0 radical (unpaired) electrons. The van der Waals surface area contributed by atoms with Crippen molar-refractivity contribution in [2.75, 3.05) is 6.54 Å². The van der Waals surface area contributed by atoms with Crippen molar-refractivity contribution in [2.24, 2.45) is 0 Å². The Bertz CT molecular complexity index is 595. The number of aromatic nitrogens is 2. The van der Waals surface area contributed by atoms with Crippen LogP contribution in [0, 0.1) is 0 Å². The van der Waals surface area contributed by atoms with Crippen LogP contribution in [0.2, 0.25) is 0 Å². The molecular weight excluding hydrogens is 270 g/mol. The van der Waals surface area contributed by atoms with E-state index in [4.69, 9.17) is 0 Å². The monoisotopic (exact) mass is 287 g/mol. The Morgan fingerprint density at radius 2 is 2.32 bits per heavy atom. The largest absolute Gasteiger partial charge is 0.480 e. The molecule has 1 aromatic rings. The van der Waals surface area contributed by atoms with E-state index < -0.39 is 21.5 Å². The first kappa shape index (κ1) is 14.0. The molecule has 2 rings (SSSR count). The second-order valence-electron chi connectivity index (χ2n) is 4.81. The molecule has 1 aromatic heterocycles. The van der Waals surface area contributed by atoms with E-state index in [9.17, 15) is 18.3 Å². The zero-order chi connectivity index (χ0) is 14.3. The number of H-pyrrole nitrogens is 1. The highest BCUT2D eigenvalue weighted by Crippen LogP contribution is 2.34. The maximum atomic E-state index is 12.5. The van der Waals surface area contributed by atoms with Gasteiger partial charge in [0.15, 0.2) is 5.03 Å². The van der Waals surface area contributed by atoms with Crippen molar-refractivity contribution in [1.29, 1.82) is 0 Å². The van der Waals surface area contributed by atoms with E-state index >= 15 is 0 Å². The van der Waals surface area contributed by atoms with E-state index in [1.54, 1.807) is 0 Å². The minimum Gasteiger partial charge on any atom is -0.480 e. The average molecular weight is 287 g/mol. The average Bonchev–Trinajstić information content (AvgIpc) is 2.95. The second-order valence-corrected chi connectivity index (χ2v) is 6.64. The fourth-order valence-electron chi connectivity index (χ4n) is 2.31. The highest BCUT2D eigenvalue weighted by atomic mass is 32.2. The summed E-state index contributed by atoms with van der Waals surface area (Å²) < 4.78 is 26.0. The molecule has 0 aliphatic carbocycles. The molecule has 1 atom stereocenters. The number of carbonyl (C=O) groups is 1. The van der Waals surface area contributed by atoms with E-state index in [1.165, 1.54) is 13.1 Å². The summed E-state index contributed by atoms with van der Waals surface area (Å²) in [5.41, 5.74) is -1.38. The first-order chi connectivity index (χ1) is 8.82. The number of nitrogens with zero attached hydrogens (tertiary/aromatic N) is 2. The van der Waals surface area contributed by atoms with E-state index in [-0.39, 0.29) is 11.6 Å². The number of hydrogen-bond acceptors (Lipinski definition) is 4. The molecule has 2 N–H and O–H groups in total. The van der Waals surface area contributed by atoms with Gasteiger partial charge in [-0.3, -0.25) is 4.79 Å². The summed E-state index contributed by atoms with van der Waals surface area (Å²) in [4.78, 5) is 18.0. The normalized spacial score (nSPS) is 24.7. The summed E-state index contributed by atoms with van der Waals surface area (Å²) in [6.07, 6.45) is 2.69. The highest BCUT2D eigenvalue weighted by Gasteiger charge is 2.50. The summed E-state index contributed by atoms with van der Waals surface area (Å²) in [5, 5.41) is 9.23. The number of sulfonamides is 1. The fourth-order valence-corrected chi connectivity index (χ4v) is 4.05. The molecule has 106 valence electrons. The van der Waals surface area contributed by atoms with Crippen molar-refractivity contribution in [1.82, 2.24) is 14.3 Å². The molecule has 1 saturated heterocycles. The zero-order valence-corrected chi connectivity index (χ0v) is 11.7. The number of imidazole rings is 1. The van der Waals surface area contributed by atoms with Crippen LogP contribution in [0.5, 0.6) is 0 Å². The van der Waals surface area contributed by atoms with Gasteiger partial charge < -0.3 is 10.1 Å². The maximum Gasteiger partial charge on any atom is 0.324 e. The Hall–Kier alpha value is -1.41. The van der Waals surface area contributed by atoms with Crippen LogP contribution >= 0.6 is 0 Å². The van der Waals surface area contributed by atoms with Crippen molar-refractivity contribution in [3.8, 4) is 0 Å². The van der Waals surface area contributed by atoms with Gasteiger partial charge in [-0.05, 0) is 19.8 Å². The van der Waals surface area contributed by atoms with E-state index in [0.717, 1.165) is 4.31 Å². The van der Waals surface area contributed by atoms with Crippen molar-refractivity contribution < 1.29 is 18.3 Å². The molecule has 8 heteroatoms. The van der Waals surface area contributed by atoms with Crippen LogP contribution in [0.4, 0.5) is 0 Å². The van der Waals surface area contributed by atoms with Crippen LogP contribution in [0.15, 0.2) is 11.2 Å². The lowest BCUT2D eigenvalue weighted by Crippen LogP contribution is -2.50. The molecule has 19 heavy (non-hydrogen) atoms. The smallest absolute Gasteiger partial charge is 0.324 e. The second kappa shape index (κ2) is 4.61. The van der Waals surface area contributed by atoms with E-state index in [1.807, 2.05) is 6.92 Å². The van der Waals surface area contributed by atoms with Gasteiger partial charge >= 0.3 is 5.97 Å². The predicted octanol–water partition coefficient (Wildman–Crippen LogP) is 0.600. The maximum absolute atomic E-state index is 12.5. The van der Waals surface area contributed by atoms with Crippen LogP contribution in [-0.2, 0) is 21.2 Å². The molecule has 1 aliphatic heterocycles. The van der Waals surface area contributed by atoms with Gasteiger partial charge in [0.2, 0.25) is 0 Å². The lowest BCUT2D eigenvalue weighted by atomic mass is 10.0. The number of nitrogens with one attached hydrogen (secondary N) is 1. The van der Waals surface area contributed by atoms with Gasteiger partial charge in [-0.2, -0.15) is 4.31 Å². The quantitative estimate of drug-likeness (QED) is 0.844.